The van der Waals surface area contributed by atoms with E-state index >= 15 is 0 Å². The summed E-state index contributed by atoms with van der Waals surface area (Å²) >= 11 is 0. The summed E-state index contributed by atoms with van der Waals surface area (Å²) in [5.74, 6) is 0.284. The van der Waals surface area contributed by atoms with Gasteiger partial charge in [-0.3, -0.25) is 9.59 Å². The molecule has 6 N–H and O–H groups in total. The van der Waals surface area contributed by atoms with Crippen LogP contribution in [0, 0.1) is 0 Å². The van der Waals surface area contributed by atoms with Gasteiger partial charge in [-0.05, 0) is 72.7 Å². The number of nitrogens with two attached hydrogens (primary N) is 1. The fourth-order valence-electron chi connectivity index (χ4n) is 5.17. The Morgan fingerprint density at radius 2 is 1.81 bits per heavy atom. The van der Waals surface area contributed by atoms with Crippen LogP contribution in [-0.2, 0) is 29.1 Å². The fourth-order valence-corrected chi connectivity index (χ4v) is 5.17. The van der Waals surface area contributed by atoms with Crippen molar-refractivity contribution >= 4 is 23.5 Å². The SMILES string of the molecule is COc1ccc2c(c1)CC[C@@H](NC(=O)CC(C)(C)N)C(=O)N2Cc1ccc(-c2ccccc2CNC(=O)NCCO)cc1. The van der Waals surface area contributed by atoms with Crippen LogP contribution in [0.25, 0.3) is 11.1 Å². The van der Waals surface area contributed by atoms with E-state index in [0.29, 0.717) is 31.7 Å². The molecule has 0 fully saturated rings. The molecule has 10 heteroatoms. The van der Waals surface area contributed by atoms with Crippen molar-refractivity contribution in [3.8, 4) is 16.9 Å². The number of nitrogens with zero attached hydrogens (tertiary/aromatic N) is 1. The summed E-state index contributed by atoms with van der Waals surface area (Å²) in [4.78, 5) is 40.3. The average molecular weight is 588 g/mol. The molecule has 10 nitrogen and oxygen atoms in total. The number of urea groups is 1. The van der Waals surface area contributed by atoms with Crippen LogP contribution in [0.1, 0.15) is 43.4 Å². The Kier molecular flexibility index (Phi) is 10.4. The number of carbonyl (C=O) groups is 3. The topological polar surface area (TPSA) is 146 Å². The highest BCUT2D eigenvalue weighted by Crippen LogP contribution is 2.32. The predicted molar refractivity (Wildman–Crippen MR) is 167 cm³/mol. The average Bonchev–Trinajstić information content (AvgIpc) is 3.10. The summed E-state index contributed by atoms with van der Waals surface area (Å²) in [5.41, 5.74) is 11.0. The molecule has 0 saturated heterocycles. The van der Waals surface area contributed by atoms with E-state index in [0.717, 1.165) is 33.5 Å². The van der Waals surface area contributed by atoms with Gasteiger partial charge >= 0.3 is 6.03 Å². The van der Waals surface area contributed by atoms with E-state index in [1.165, 1.54) is 0 Å². The van der Waals surface area contributed by atoms with Crippen LogP contribution in [0.3, 0.4) is 0 Å². The number of aryl methyl sites for hydroxylation is 1. The van der Waals surface area contributed by atoms with Gasteiger partial charge in [0.1, 0.15) is 11.8 Å². The first kappa shape index (κ1) is 31.5. The van der Waals surface area contributed by atoms with E-state index in [1.54, 1.807) is 25.9 Å². The third-order valence-corrected chi connectivity index (χ3v) is 7.26. The van der Waals surface area contributed by atoms with E-state index in [4.69, 9.17) is 15.6 Å². The Morgan fingerprint density at radius 1 is 1.07 bits per heavy atom. The van der Waals surface area contributed by atoms with Gasteiger partial charge in [-0.1, -0.05) is 48.5 Å². The molecule has 1 heterocycles. The lowest BCUT2D eigenvalue weighted by Gasteiger charge is -2.27. The molecular weight excluding hydrogens is 546 g/mol. The third-order valence-electron chi connectivity index (χ3n) is 7.26. The fraction of sp³-hybridized carbons (Fsp3) is 0.364. The van der Waals surface area contributed by atoms with Crippen molar-refractivity contribution in [2.45, 2.75) is 57.8 Å². The monoisotopic (exact) mass is 587 g/mol. The van der Waals surface area contributed by atoms with Gasteiger partial charge in [-0.15, -0.1) is 0 Å². The van der Waals surface area contributed by atoms with Gasteiger partial charge in [-0.2, -0.15) is 0 Å². The molecule has 1 aliphatic rings. The molecular formula is C33H41N5O5. The molecule has 1 aliphatic heterocycles. The number of hydrogen-bond donors (Lipinski definition) is 5. The maximum atomic E-state index is 13.9. The molecule has 3 aromatic carbocycles. The number of ether oxygens (including phenoxy) is 1. The van der Waals surface area contributed by atoms with E-state index in [2.05, 4.69) is 16.0 Å². The van der Waals surface area contributed by atoms with Crippen LogP contribution in [0.15, 0.2) is 66.7 Å². The minimum absolute atomic E-state index is 0.114. The van der Waals surface area contributed by atoms with Crippen molar-refractivity contribution in [3.63, 3.8) is 0 Å². The summed E-state index contributed by atoms with van der Waals surface area (Å²) < 4.78 is 5.44. The number of benzene rings is 3. The maximum Gasteiger partial charge on any atom is 0.315 e. The standard InChI is InChI=1S/C33H41N5O5/c1-33(2,34)19-30(40)37-28-14-12-24-18-26(43-3)13-15-29(24)38(31(28)41)21-22-8-10-23(11-9-22)27-7-5-4-6-25(27)20-36-32(42)35-16-17-39/h4-11,13,15,18,28,39H,12,14,16-17,19-21,34H2,1-3H3,(H,37,40)(H2,35,36,42)/t28-/m1/s1. The van der Waals surface area contributed by atoms with E-state index in [9.17, 15) is 14.4 Å². The first-order chi connectivity index (χ1) is 20.6. The predicted octanol–water partition coefficient (Wildman–Crippen LogP) is 3.25. The number of amides is 4. The second kappa shape index (κ2) is 14.2. The Balaban J connectivity index is 1.56. The van der Waals surface area contributed by atoms with E-state index in [1.807, 2.05) is 66.7 Å². The van der Waals surface area contributed by atoms with Gasteiger partial charge < -0.3 is 36.4 Å². The number of anilines is 1. The number of carbonyl (C=O) groups excluding carboxylic acids is 3. The number of fused-ring (bicyclic) bond motifs is 1. The van der Waals surface area contributed by atoms with Gasteiger partial charge in [0.15, 0.2) is 0 Å². The zero-order chi connectivity index (χ0) is 31.0. The Labute approximate surface area is 252 Å². The number of rotatable bonds is 11. The number of hydrogen-bond acceptors (Lipinski definition) is 6. The maximum absolute atomic E-state index is 13.9. The summed E-state index contributed by atoms with van der Waals surface area (Å²) in [7, 11) is 1.61. The zero-order valence-electron chi connectivity index (χ0n) is 25.0. The van der Waals surface area contributed by atoms with Gasteiger partial charge in [0.25, 0.3) is 0 Å². The Hall–Kier alpha value is -4.41. The van der Waals surface area contributed by atoms with Crippen molar-refractivity contribution in [3.05, 3.63) is 83.4 Å². The summed E-state index contributed by atoms with van der Waals surface area (Å²) in [6.45, 7) is 4.27. The van der Waals surface area contributed by atoms with Gasteiger partial charge in [0, 0.05) is 30.7 Å². The molecule has 0 saturated carbocycles. The molecule has 0 aliphatic carbocycles. The molecule has 4 rings (SSSR count). The van der Waals surface area contributed by atoms with Crippen molar-refractivity contribution in [2.75, 3.05) is 25.2 Å². The molecule has 0 spiro atoms. The second-order valence-corrected chi connectivity index (χ2v) is 11.4. The lowest BCUT2D eigenvalue weighted by molar-refractivity contribution is -0.128. The molecule has 0 radical (unpaired) electrons. The minimum atomic E-state index is -0.684. The first-order valence-electron chi connectivity index (χ1n) is 14.4. The number of aliphatic hydroxyl groups is 1. The van der Waals surface area contributed by atoms with Crippen molar-refractivity contribution in [2.24, 2.45) is 5.73 Å². The van der Waals surface area contributed by atoms with Crippen LogP contribution in [0.4, 0.5) is 10.5 Å². The summed E-state index contributed by atoms with van der Waals surface area (Å²) in [5, 5.41) is 17.2. The van der Waals surface area contributed by atoms with Crippen molar-refractivity contribution < 1.29 is 24.2 Å². The number of aliphatic hydroxyl groups excluding tert-OH is 1. The molecule has 0 unspecified atom stereocenters. The highest BCUT2D eigenvalue weighted by molar-refractivity contribution is 6.00. The van der Waals surface area contributed by atoms with Gasteiger partial charge in [0.05, 0.1) is 20.3 Å². The van der Waals surface area contributed by atoms with Gasteiger partial charge in [0.2, 0.25) is 11.8 Å². The normalized spacial score (nSPS) is 14.9. The molecule has 3 aromatic rings. The summed E-state index contributed by atoms with van der Waals surface area (Å²) in [6.07, 6.45) is 1.19. The summed E-state index contributed by atoms with van der Waals surface area (Å²) in [6, 6.07) is 20.4. The quantitative estimate of drug-likeness (QED) is 0.233. The van der Waals surface area contributed by atoms with Crippen LogP contribution in [-0.4, -0.2) is 54.8 Å². The number of methoxy groups -OCH3 is 1. The zero-order valence-corrected chi connectivity index (χ0v) is 25.0. The molecule has 228 valence electrons. The molecule has 43 heavy (non-hydrogen) atoms. The lowest BCUT2D eigenvalue weighted by Crippen LogP contribution is -2.49. The molecule has 0 bridgehead atoms. The van der Waals surface area contributed by atoms with E-state index < -0.39 is 11.6 Å². The third kappa shape index (κ3) is 8.56. The molecule has 1 atom stereocenters. The highest BCUT2D eigenvalue weighted by atomic mass is 16.5. The van der Waals surface area contributed by atoms with Crippen LogP contribution in [0.5, 0.6) is 5.75 Å². The Bertz CT molecular complexity index is 1430. The van der Waals surface area contributed by atoms with Crippen molar-refractivity contribution in [1.82, 2.24) is 16.0 Å². The van der Waals surface area contributed by atoms with Gasteiger partial charge in [-0.25, -0.2) is 4.79 Å². The Morgan fingerprint density at radius 3 is 2.51 bits per heavy atom. The number of nitrogens with one attached hydrogen (secondary N) is 3. The van der Waals surface area contributed by atoms with E-state index in [-0.39, 0.29) is 37.4 Å². The first-order valence-corrected chi connectivity index (χ1v) is 14.4. The van der Waals surface area contributed by atoms with Crippen LogP contribution < -0.4 is 31.3 Å². The molecule has 0 aromatic heterocycles. The van der Waals surface area contributed by atoms with Crippen molar-refractivity contribution in [1.29, 1.82) is 0 Å². The van der Waals surface area contributed by atoms with Crippen LogP contribution >= 0.6 is 0 Å². The highest BCUT2D eigenvalue weighted by Gasteiger charge is 2.32. The smallest absolute Gasteiger partial charge is 0.315 e. The minimum Gasteiger partial charge on any atom is -0.497 e. The van der Waals surface area contributed by atoms with Crippen LogP contribution in [0.2, 0.25) is 0 Å². The molecule has 4 amide bonds. The lowest BCUT2D eigenvalue weighted by atomic mass is 9.98. The largest absolute Gasteiger partial charge is 0.497 e. The second-order valence-electron chi connectivity index (χ2n) is 11.4.